The lowest BCUT2D eigenvalue weighted by Gasteiger charge is -1.92. The quantitative estimate of drug-likeness (QED) is 0.382. The van der Waals surface area contributed by atoms with E-state index in [1.54, 1.807) is 10.9 Å². The average molecular weight is 194 g/mol. The second-order valence-corrected chi connectivity index (χ2v) is 2.98. The summed E-state index contributed by atoms with van der Waals surface area (Å²) in [5.74, 6) is -0.0551. The molecule has 1 rings (SSSR count). The molecule has 6 heteroatoms. The highest BCUT2D eigenvalue weighted by molar-refractivity contribution is 5.83. The highest BCUT2D eigenvalue weighted by Gasteiger charge is 2.05. The third kappa shape index (κ3) is 2.09. The van der Waals surface area contributed by atoms with E-state index in [1.165, 1.54) is 0 Å². The summed E-state index contributed by atoms with van der Waals surface area (Å²) in [4.78, 5) is 0. The van der Waals surface area contributed by atoms with Gasteiger partial charge in [0.1, 0.15) is 0 Å². The van der Waals surface area contributed by atoms with Crippen molar-refractivity contribution in [2.75, 3.05) is 0 Å². The Morgan fingerprint density at radius 3 is 2.50 bits per heavy atom. The van der Waals surface area contributed by atoms with Crippen molar-refractivity contribution >= 4 is 12.2 Å². The van der Waals surface area contributed by atoms with Gasteiger partial charge in [-0.1, -0.05) is 0 Å². The van der Waals surface area contributed by atoms with Crippen molar-refractivity contribution in [1.82, 2.24) is 9.78 Å². The van der Waals surface area contributed by atoms with Crippen LogP contribution in [0.2, 0.25) is 0 Å². The summed E-state index contributed by atoms with van der Waals surface area (Å²) in [5, 5.41) is 11.5. The minimum atomic E-state index is -0.0551. The summed E-state index contributed by atoms with van der Waals surface area (Å²) in [7, 11) is 1.88. The first-order valence-corrected chi connectivity index (χ1v) is 4.14. The summed E-state index contributed by atoms with van der Waals surface area (Å²) in [6.07, 6.45) is 1.59. The van der Waals surface area contributed by atoms with E-state index < -0.39 is 0 Å². The molecular weight excluding hydrogens is 180 g/mol. The van der Waals surface area contributed by atoms with Gasteiger partial charge in [-0.3, -0.25) is 4.68 Å². The molecule has 0 bridgehead atoms. The van der Waals surface area contributed by atoms with Gasteiger partial charge in [0.05, 0.1) is 11.9 Å². The van der Waals surface area contributed by atoms with Crippen LogP contribution < -0.4 is 11.5 Å². The fraction of sp³-hybridized carbons (Fsp3) is 0.375. The van der Waals surface area contributed by atoms with Crippen LogP contribution in [0.1, 0.15) is 17.0 Å². The van der Waals surface area contributed by atoms with Gasteiger partial charge in [-0.25, -0.2) is 0 Å². The molecule has 0 radical (unpaired) electrons. The number of guanidine groups is 1. The Balaban J connectivity index is 2.97. The van der Waals surface area contributed by atoms with Crippen LogP contribution in [0.5, 0.6) is 0 Å². The summed E-state index contributed by atoms with van der Waals surface area (Å²) in [6, 6.07) is 0. The predicted molar refractivity (Wildman–Crippen MR) is 56.1 cm³/mol. The number of aryl methyl sites for hydroxylation is 2. The van der Waals surface area contributed by atoms with Crippen molar-refractivity contribution in [3.8, 4) is 0 Å². The topological polar surface area (TPSA) is 94.6 Å². The molecular formula is C8H14N6. The molecule has 0 unspecified atom stereocenters. The zero-order valence-corrected chi connectivity index (χ0v) is 8.52. The lowest BCUT2D eigenvalue weighted by molar-refractivity contribution is 0.731. The van der Waals surface area contributed by atoms with Gasteiger partial charge in [-0.2, -0.15) is 10.2 Å². The molecule has 0 spiro atoms. The van der Waals surface area contributed by atoms with Gasteiger partial charge in [0, 0.05) is 18.3 Å². The van der Waals surface area contributed by atoms with Crippen molar-refractivity contribution in [2.24, 2.45) is 28.7 Å². The van der Waals surface area contributed by atoms with E-state index >= 15 is 0 Å². The summed E-state index contributed by atoms with van der Waals surface area (Å²) in [5.41, 5.74) is 13.1. The number of hydrogen-bond acceptors (Lipinski definition) is 3. The van der Waals surface area contributed by atoms with Gasteiger partial charge in [-0.05, 0) is 13.8 Å². The van der Waals surface area contributed by atoms with Crippen molar-refractivity contribution in [2.45, 2.75) is 13.8 Å². The van der Waals surface area contributed by atoms with Crippen LogP contribution in [-0.2, 0) is 7.05 Å². The van der Waals surface area contributed by atoms with E-state index in [2.05, 4.69) is 15.3 Å². The third-order valence-electron chi connectivity index (χ3n) is 1.93. The first-order chi connectivity index (χ1) is 6.52. The molecule has 0 aliphatic heterocycles. The van der Waals surface area contributed by atoms with Crippen LogP contribution in [0.15, 0.2) is 10.2 Å². The van der Waals surface area contributed by atoms with E-state index in [-0.39, 0.29) is 5.96 Å². The number of hydrogen-bond donors (Lipinski definition) is 2. The van der Waals surface area contributed by atoms with Gasteiger partial charge in [0.25, 0.3) is 0 Å². The zero-order valence-electron chi connectivity index (χ0n) is 8.52. The molecule has 4 N–H and O–H groups in total. The van der Waals surface area contributed by atoms with Gasteiger partial charge in [0.2, 0.25) is 5.96 Å². The zero-order chi connectivity index (χ0) is 10.7. The Labute approximate surface area is 82.3 Å². The lowest BCUT2D eigenvalue weighted by atomic mass is 10.2. The molecule has 76 valence electrons. The maximum absolute atomic E-state index is 5.13. The highest BCUT2D eigenvalue weighted by Crippen LogP contribution is 2.08. The van der Waals surface area contributed by atoms with Crippen LogP contribution in [0.25, 0.3) is 0 Å². The molecule has 1 aromatic heterocycles. The van der Waals surface area contributed by atoms with Gasteiger partial charge < -0.3 is 11.5 Å². The maximum Gasteiger partial charge on any atom is 0.211 e. The van der Waals surface area contributed by atoms with Crippen LogP contribution in [0, 0.1) is 13.8 Å². The first kappa shape index (κ1) is 10.2. The summed E-state index contributed by atoms with van der Waals surface area (Å²) >= 11 is 0. The van der Waals surface area contributed by atoms with Crippen molar-refractivity contribution in [3.05, 3.63) is 17.0 Å². The van der Waals surface area contributed by atoms with Gasteiger partial charge >= 0.3 is 0 Å². The molecule has 0 aliphatic carbocycles. The van der Waals surface area contributed by atoms with Crippen LogP contribution in [0.4, 0.5) is 0 Å². The largest absolute Gasteiger partial charge is 0.369 e. The normalized spacial score (nSPS) is 10.8. The maximum atomic E-state index is 5.13. The van der Waals surface area contributed by atoms with Crippen LogP contribution >= 0.6 is 0 Å². The molecule has 0 aliphatic rings. The minimum Gasteiger partial charge on any atom is -0.369 e. The van der Waals surface area contributed by atoms with E-state index in [1.807, 2.05) is 20.9 Å². The molecule has 0 amide bonds. The van der Waals surface area contributed by atoms with E-state index in [4.69, 9.17) is 11.5 Å². The molecule has 1 aromatic rings. The monoisotopic (exact) mass is 194 g/mol. The summed E-state index contributed by atoms with van der Waals surface area (Å²) in [6.45, 7) is 3.86. The third-order valence-corrected chi connectivity index (χ3v) is 1.93. The molecule has 0 atom stereocenters. The Hall–Kier alpha value is -1.85. The van der Waals surface area contributed by atoms with Crippen molar-refractivity contribution in [3.63, 3.8) is 0 Å². The molecule has 0 fully saturated rings. The number of rotatable bonds is 2. The fourth-order valence-electron chi connectivity index (χ4n) is 1.13. The standard InChI is InChI=1S/C8H14N6/c1-5-7(4-11-12-8(9)10)6(2)14(3)13-5/h4H,1-3H3,(H4,9,10,12). The van der Waals surface area contributed by atoms with Gasteiger partial charge in [-0.15, -0.1) is 5.10 Å². The SMILES string of the molecule is Cc1nn(C)c(C)c1C=NN=C(N)N. The first-order valence-electron chi connectivity index (χ1n) is 4.14. The molecule has 0 saturated carbocycles. The highest BCUT2D eigenvalue weighted by atomic mass is 15.3. The fourth-order valence-corrected chi connectivity index (χ4v) is 1.13. The Morgan fingerprint density at radius 2 is 2.07 bits per heavy atom. The molecule has 14 heavy (non-hydrogen) atoms. The average Bonchev–Trinajstić information content (AvgIpc) is 2.31. The second kappa shape index (κ2) is 3.91. The van der Waals surface area contributed by atoms with Crippen LogP contribution in [-0.4, -0.2) is 22.0 Å². The summed E-state index contributed by atoms with van der Waals surface area (Å²) < 4.78 is 1.78. The van der Waals surface area contributed by atoms with Crippen LogP contribution in [0.3, 0.4) is 0 Å². The lowest BCUT2D eigenvalue weighted by Crippen LogP contribution is -2.21. The molecule has 1 heterocycles. The molecule has 0 saturated heterocycles. The van der Waals surface area contributed by atoms with E-state index in [0.717, 1.165) is 17.0 Å². The van der Waals surface area contributed by atoms with Gasteiger partial charge in [0.15, 0.2) is 0 Å². The Bertz CT molecular complexity index is 383. The van der Waals surface area contributed by atoms with E-state index in [9.17, 15) is 0 Å². The molecule has 0 aromatic carbocycles. The van der Waals surface area contributed by atoms with Crippen molar-refractivity contribution in [1.29, 1.82) is 0 Å². The molecule has 6 nitrogen and oxygen atoms in total. The number of nitrogens with zero attached hydrogens (tertiary/aromatic N) is 4. The number of aromatic nitrogens is 2. The smallest absolute Gasteiger partial charge is 0.211 e. The Morgan fingerprint density at radius 1 is 1.43 bits per heavy atom. The minimum absolute atomic E-state index is 0.0551. The Kier molecular flexibility index (Phi) is 2.85. The van der Waals surface area contributed by atoms with Crippen molar-refractivity contribution < 1.29 is 0 Å². The second-order valence-electron chi connectivity index (χ2n) is 2.98. The predicted octanol–water partition coefficient (Wildman–Crippen LogP) is -0.356. The number of nitrogens with two attached hydrogens (primary N) is 2. The van der Waals surface area contributed by atoms with E-state index in [0.29, 0.717) is 0 Å².